The average molecular weight is 456 g/mol. The molecule has 0 N–H and O–H groups in total. The van der Waals surface area contributed by atoms with Crippen LogP contribution in [0.4, 0.5) is 0 Å². The van der Waals surface area contributed by atoms with Crippen LogP contribution in [0.2, 0.25) is 0 Å². The fourth-order valence-electron chi connectivity index (χ4n) is 3.94. The van der Waals surface area contributed by atoms with Crippen LogP contribution in [0.5, 0.6) is 5.75 Å². The molecule has 3 heterocycles. The molecule has 0 bridgehead atoms. The SMILES string of the molecule is CN(Cc1ccc(OC[C@@H]2CCCN(C(=O)Cc3cccs3)C2)cc1)Cc1nccs1. The zero-order chi connectivity index (χ0) is 21.5. The van der Waals surface area contributed by atoms with Crippen LogP contribution >= 0.6 is 22.7 Å². The Hall–Kier alpha value is -2.22. The molecule has 1 aromatic carbocycles. The maximum atomic E-state index is 12.6. The Morgan fingerprint density at radius 3 is 2.81 bits per heavy atom. The third-order valence-corrected chi connectivity index (χ3v) is 7.17. The molecule has 4 rings (SSSR count). The number of carbonyl (C=O) groups excluding carboxylic acids is 1. The third-order valence-electron chi connectivity index (χ3n) is 5.53. The van der Waals surface area contributed by atoms with Crippen LogP contribution in [0.1, 0.15) is 28.3 Å². The van der Waals surface area contributed by atoms with Crippen molar-refractivity contribution in [2.45, 2.75) is 32.4 Å². The molecular weight excluding hydrogens is 426 g/mol. The molecule has 1 amide bonds. The van der Waals surface area contributed by atoms with Gasteiger partial charge in [-0.1, -0.05) is 18.2 Å². The van der Waals surface area contributed by atoms with E-state index in [0.29, 0.717) is 18.9 Å². The average Bonchev–Trinajstić information content (AvgIpc) is 3.48. The van der Waals surface area contributed by atoms with Crippen molar-refractivity contribution in [1.82, 2.24) is 14.8 Å². The number of aromatic nitrogens is 1. The maximum absolute atomic E-state index is 12.6. The van der Waals surface area contributed by atoms with E-state index in [1.165, 1.54) is 5.56 Å². The summed E-state index contributed by atoms with van der Waals surface area (Å²) in [7, 11) is 2.11. The van der Waals surface area contributed by atoms with Gasteiger partial charge in [0.2, 0.25) is 5.91 Å². The maximum Gasteiger partial charge on any atom is 0.227 e. The van der Waals surface area contributed by atoms with E-state index in [0.717, 1.165) is 54.7 Å². The number of likely N-dealkylation sites (tertiary alicyclic amines) is 1. The molecule has 0 unspecified atom stereocenters. The minimum atomic E-state index is 0.235. The third kappa shape index (κ3) is 6.63. The Balaban J connectivity index is 1.21. The van der Waals surface area contributed by atoms with E-state index >= 15 is 0 Å². The second-order valence-electron chi connectivity index (χ2n) is 8.16. The molecule has 1 atom stereocenters. The van der Waals surface area contributed by atoms with Crippen molar-refractivity contribution in [1.29, 1.82) is 0 Å². The van der Waals surface area contributed by atoms with E-state index in [2.05, 4.69) is 41.2 Å². The first-order valence-electron chi connectivity index (χ1n) is 10.7. The number of hydrogen-bond acceptors (Lipinski definition) is 6. The van der Waals surface area contributed by atoms with Crippen LogP contribution in [-0.4, -0.2) is 47.4 Å². The standard InChI is InChI=1S/C24H29N3O2S2/c1-26(17-23-25-10-13-31-23)15-19-6-8-21(9-7-19)29-18-20-4-2-11-27(16-20)24(28)14-22-5-3-12-30-22/h3,5-10,12-13,20H,2,4,11,14-18H2,1H3/t20-/m1/s1. The topological polar surface area (TPSA) is 45.7 Å². The molecular formula is C24H29N3O2S2. The molecule has 2 aromatic heterocycles. The van der Waals surface area contributed by atoms with Crippen molar-refractivity contribution >= 4 is 28.6 Å². The lowest BCUT2D eigenvalue weighted by molar-refractivity contribution is -0.132. The number of hydrogen-bond donors (Lipinski definition) is 0. The molecule has 1 aliphatic heterocycles. The van der Waals surface area contributed by atoms with E-state index < -0.39 is 0 Å². The van der Waals surface area contributed by atoms with E-state index in [1.807, 2.05) is 34.0 Å². The summed E-state index contributed by atoms with van der Waals surface area (Å²) < 4.78 is 6.07. The summed E-state index contributed by atoms with van der Waals surface area (Å²) >= 11 is 3.34. The molecule has 0 aliphatic carbocycles. The van der Waals surface area contributed by atoms with Crippen LogP contribution in [-0.2, 0) is 24.3 Å². The molecule has 0 spiro atoms. The van der Waals surface area contributed by atoms with Crippen LogP contribution in [0, 0.1) is 5.92 Å². The number of amides is 1. The highest BCUT2D eigenvalue weighted by molar-refractivity contribution is 7.10. The predicted octanol–water partition coefficient (Wildman–Crippen LogP) is 4.70. The Morgan fingerprint density at radius 1 is 1.19 bits per heavy atom. The Labute approximate surface area is 192 Å². The van der Waals surface area contributed by atoms with Gasteiger partial charge in [-0.05, 0) is 49.0 Å². The lowest BCUT2D eigenvalue weighted by Crippen LogP contribution is -2.42. The van der Waals surface area contributed by atoms with Crippen LogP contribution in [0.15, 0.2) is 53.4 Å². The molecule has 1 aliphatic rings. The first-order chi connectivity index (χ1) is 15.2. The zero-order valence-corrected chi connectivity index (χ0v) is 19.5. The Bertz CT molecular complexity index is 926. The molecule has 3 aromatic rings. The molecule has 31 heavy (non-hydrogen) atoms. The molecule has 7 heteroatoms. The van der Waals surface area contributed by atoms with Gasteiger partial charge in [-0.2, -0.15) is 0 Å². The predicted molar refractivity (Wildman–Crippen MR) is 127 cm³/mol. The minimum absolute atomic E-state index is 0.235. The first-order valence-corrected chi connectivity index (χ1v) is 12.5. The van der Waals surface area contributed by atoms with Gasteiger partial charge in [-0.3, -0.25) is 9.69 Å². The van der Waals surface area contributed by atoms with Gasteiger partial charge < -0.3 is 9.64 Å². The van der Waals surface area contributed by atoms with Crippen LogP contribution in [0.25, 0.3) is 0 Å². The quantitative estimate of drug-likeness (QED) is 0.469. The highest BCUT2D eigenvalue weighted by atomic mass is 32.1. The van der Waals surface area contributed by atoms with Gasteiger partial charge in [0, 0.05) is 42.0 Å². The van der Waals surface area contributed by atoms with Gasteiger partial charge >= 0.3 is 0 Å². The van der Waals surface area contributed by atoms with Gasteiger partial charge in [0.05, 0.1) is 19.6 Å². The molecule has 0 radical (unpaired) electrons. The van der Waals surface area contributed by atoms with Crippen molar-refractivity contribution < 1.29 is 9.53 Å². The molecule has 0 saturated carbocycles. The Kier molecular flexibility index (Phi) is 7.72. The van der Waals surface area contributed by atoms with E-state index in [4.69, 9.17) is 4.74 Å². The number of rotatable bonds is 9. The second-order valence-corrected chi connectivity index (χ2v) is 10.2. The normalized spacial score (nSPS) is 16.6. The summed E-state index contributed by atoms with van der Waals surface area (Å²) in [6, 6.07) is 12.4. The second kappa shape index (κ2) is 10.9. The summed E-state index contributed by atoms with van der Waals surface area (Å²) in [4.78, 5) is 22.4. The van der Waals surface area contributed by atoms with Crippen molar-refractivity contribution in [3.63, 3.8) is 0 Å². The molecule has 164 valence electrons. The number of nitrogens with zero attached hydrogens (tertiary/aromatic N) is 3. The number of thiophene rings is 1. The van der Waals surface area contributed by atoms with Crippen LogP contribution < -0.4 is 4.74 Å². The van der Waals surface area contributed by atoms with Crippen molar-refractivity contribution in [3.8, 4) is 5.75 Å². The van der Waals surface area contributed by atoms with Crippen molar-refractivity contribution in [3.05, 3.63) is 68.8 Å². The summed E-state index contributed by atoms with van der Waals surface area (Å²) in [5.41, 5.74) is 1.26. The fraction of sp³-hybridized carbons (Fsp3) is 0.417. The van der Waals surface area contributed by atoms with Gasteiger partial charge in [0.25, 0.3) is 0 Å². The van der Waals surface area contributed by atoms with Crippen LogP contribution in [0.3, 0.4) is 0 Å². The highest BCUT2D eigenvalue weighted by Gasteiger charge is 2.24. The zero-order valence-electron chi connectivity index (χ0n) is 17.9. The summed E-state index contributed by atoms with van der Waals surface area (Å²) in [5.74, 6) is 1.52. The lowest BCUT2D eigenvalue weighted by Gasteiger charge is -2.32. The van der Waals surface area contributed by atoms with Gasteiger partial charge in [-0.15, -0.1) is 22.7 Å². The van der Waals surface area contributed by atoms with Gasteiger partial charge in [-0.25, -0.2) is 4.98 Å². The highest BCUT2D eigenvalue weighted by Crippen LogP contribution is 2.21. The largest absolute Gasteiger partial charge is 0.493 e. The molecule has 1 saturated heterocycles. The number of thiazole rings is 1. The summed E-state index contributed by atoms with van der Waals surface area (Å²) in [5, 5.41) is 5.18. The van der Waals surface area contributed by atoms with E-state index in [-0.39, 0.29) is 5.91 Å². The van der Waals surface area contributed by atoms with Gasteiger partial charge in [0.15, 0.2) is 0 Å². The Morgan fingerprint density at radius 2 is 2.06 bits per heavy atom. The monoisotopic (exact) mass is 455 g/mol. The van der Waals surface area contributed by atoms with E-state index in [1.54, 1.807) is 22.7 Å². The number of piperidine rings is 1. The first kappa shape index (κ1) is 22.0. The fourth-order valence-corrected chi connectivity index (χ4v) is 5.33. The van der Waals surface area contributed by atoms with Crippen molar-refractivity contribution in [2.24, 2.45) is 5.92 Å². The lowest BCUT2D eigenvalue weighted by atomic mass is 9.98. The number of ether oxygens (including phenoxy) is 1. The van der Waals surface area contributed by atoms with Crippen molar-refractivity contribution in [2.75, 3.05) is 26.7 Å². The minimum Gasteiger partial charge on any atom is -0.493 e. The van der Waals surface area contributed by atoms with E-state index in [9.17, 15) is 4.79 Å². The smallest absolute Gasteiger partial charge is 0.227 e. The van der Waals surface area contributed by atoms with Gasteiger partial charge in [0.1, 0.15) is 10.8 Å². The molecule has 1 fully saturated rings. The molecule has 5 nitrogen and oxygen atoms in total. The number of carbonyl (C=O) groups is 1. The summed E-state index contributed by atoms with van der Waals surface area (Å²) in [6.07, 6.45) is 4.53. The number of benzene rings is 1. The summed E-state index contributed by atoms with van der Waals surface area (Å²) in [6.45, 7) is 4.06.